The summed E-state index contributed by atoms with van der Waals surface area (Å²) in [6.07, 6.45) is 2.32. The van der Waals surface area contributed by atoms with Crippen molar-refractivity contribution in [1.82, 2.24) is 10.6 Å². The van der Waals surface area contributed by atoms with Gasteiger partial charge in [-0.15, -0.1) is 0 Å². The van der Waals surface area contributed by atoms with E-state index < -0.39 is 0 Å². The maximum absolute atomic E-state index is 3.88. The maximum atomic E-state index is 3.88. The van der Waals surface area contributed by atoms with Crippen molar-refractivity contribution >= 4 is 16.5 Å². The Balaban J connectivity index is 1.16. The van der Waals surface area contributed by atoms with E-state index in [0.717, 1.165) is 5.70 Å². The van der Waals surface area contributed by atoms with E-state index in [1.807, 2.05) is 0 Å². The average Bonchev–Trinajstić information content (AvgIpc) is 3.39. The molecule has 0 fully saturated rings. The second-order valence-electron chi connectivity index (χ2n) is 13.8. The van der Waals surface area contributed by atoms with Crippen molar-refractivity contribution in [2.24, 2.45) is 0 Å². The van der Waals surface area contributed by atoms with Crippen LogP contribution in [-0.4, -0.2) is 0 Å². The van der Waals surface area contributed by atoms with E-state index in [2.05, 4.69) is 194 Å². The predicted molar refractivity (Wildman–Crippen MR) is 205 cm³/mol. The summed E-state index contributed by atoms with van der Waals surface area (Å²) in [5.41, 5.74) is 15.2. The van der Waals surface area contributed by atoms with Gasteiger partial charge in [0.25, 0.3) is 0 Å². The summed E-state index contributed by atoms with van der Waals surface area (Å²) >= 11 is 0. The molecule has 1 aliphatic carbocycles. The molecule has 0 radical (unpaired) electrons. The second kappa shape index (κ2) is 11.8. The SMILES string of the molecule is CC1(C)c2cc(C3=CC(c4ccc(-c5ccccc5)cc4)NC(c4ccccc4)N3)ccc2-c2c1cc1ccccc1c2-c1ccccc1. The third kappa shape index (κ3) is 5.08. The second-order valence-corrected chi connectivity index (χ2v) is 13.8. The zero-order chi connectivity index (χ0) is 33.0. The Morgan fingerprint density at radius 1 is 0.490 bits per heavy atom. The molecule has 236 valence electrons. The Morgan fingerprint density at radius 3 is 1.84 bits per heavy atom. The first-order valence-corrected chi connectivity index (χ1v) is 17.3. The number of rotatable bonds is 5. The number of benzene rings is 7. The Hall–Kier alpha value is -5.70. The lowest BCUT2D eigenvalue weighted by Crippen LogP contribution is -2.39. The van der Waals surface area contributed by atoms with E-state index in [1.165, 1.54) is 72.0 Å². The van der Waals surface area contributed by atoms with Gasteiger partial charge in [0, 0.05) is 11.1 Å². The first-order valence-electron chi connectivity index (χ1n) is 17.3. The smallest absolute Gasteiger partial charge is 0.104 e. The van der Waals surface area contributed by atoms with E-state index in [4.69, 9.17) is 0 Å². The minimum absolute atomic E-state index is 0.0338. The van der Waals surface area contributed by atoms with Gasteiger partial charge in [-0.1, -0.05) is 166 Å². The molecule has 7 aromatic carbocycles. The fourth-order valence-electron chi connectivity index (χ4n) is 7.97. The molecule has 1 aliphatic heterocycles. The lowest BCUT2D eigenvalue weighted by molar-refractivity contribution is 0.442. The summed E-state index contributed by atoms with van der Waals surface area (Å²) in [5.74, 6) is 0. The Morgan fingerprint density at radius 2 is 1.10 bits per heavy atom. The summed E-state index contributed by atoms with van der Waals surface area (Å²) in [6, 6.07) is 59.6. The molecular formula is C47H38N2. The molecule has 0 saturated heterocycles. The first kappa shape index (κ1) is 29.4. The van der Waals surface area contributed by atoms with Gasteiger partial charge in [0.1, 0.15) is 6.17 Å². The quantitative estimate of drug-likeness (QED) is 0.198. The van der Waals surface area contributed by atoms with Crippen molar-refractivity contribution in [2.75, 3.05) is 0 Å². The molecule has 0 aromatic heterocycles. The van der Waals surface area contributed by atoms with E-state index in [1.54, 1.807) is 0 Å². The molecule has 2 heteroatoms. The molecule has 2 N–H and O–H groups in total. The van der Waals surface area contributed by atoms with Gasteiger partial charge < -0.3 is 5.32 Å². The number of hydrogen-bond donors (Lipinski definition) is 2. The standard InChI is InChI=1S/C47H38N2/c1-47(2)40-29-37(26-27-39(40)45-41(47)28-36-20-12-13-21-38(36)44(45)34-16-8-4-9-17-34)43-30-42(48-46(49-43)35-18-10-5-11-19-35)33-24-22-32(23-25-33)31-14-6-3-7-15-31/h3-30,42,46,48-49H,1-2H3. The lowest BCUT2D eigenvalue weighted by Gasteiger charge is -2.33. The van der Waals surface area contributed by atoms with Crippen LogP contribution in [0.3, 0.4) is 0 Å². The fraction of sp³-hybridized carbons (Fsp3) is 0.106. The van der Waals surface area contributed by atoms with Gasteiger partial charge in [-0.2, -0.15) is 0 Å². The van der Waals surface area contributed by atoms with E-state index >= 15 is 0 Å². The van der Waals surface area contributed by atoms with Gasteiger partial charge in [-0.3, -0.25) is 5.32 Å². The number of hydrogen-bond acceptors (Lipinski definition) is 2. The average molecular weight is 631 g/mol. The van der Waals surface area contributed by atoms with Crippen molar-refractivity contribution < 1.29 is 0 Å². The first-order chi connectivity index (χ1) is 24.0. The highest BCUT2D eigenvalue weighted by Gasteiger charge is 2.38. The van der Waals surface area contributed by atoms with Crippen LogP contribution in [0.5, 0.6) is 0 Å². The van der Waals surface area contributed by atoms with Crippen molar-refractivity contribution in [3.63, 3.8) is 0 Å². The topological polar surface area (TPSA) is 24.1 Å². The van der Waals surface area contributed by atoms with Crippen molar-refractivity contribution in [2.45, 2.75) is 31.5 Å². The van der Waals surface area contributed by atoms with Crippen LogP contribution in [-0.2, 0) is 5.41 Å². The van der Waals surface area contributed by atoms with E-state index in [9.17, 15) is 0 Å². The predicted octanol–water partition coefficient (Wildman–Crippen LogP) is 11.5. The molecule has 1 heterocycles. The highest BCUT2D eigenvalue weighted by Crippen LogP contribution is 2.54. The summed E-state index contributed by atoms with van der Waals surface area (Å²) in [6.45, 7) is 4.78. The van der Waals surface area contributed by atoms with Crippen LogP contribution in [0.15, 0.2) is 170 Å². The van der Waals surface area contributed by atoms with Crippen LogP contribution in [0.1, 0.15) is 53.9 Å². The Labute approximate surface area is 288 Å². The molecule has 2 aliphatic rings. The van der Waals surface area contributed by atoms with Crippen molar-refractivity contribution in [3.05, 3.63) is 198 Å². The van der Waals surface area contributed by atoms with Gasteiger partial charge in [-0.25, -0.2) is 0 Å². The van der Waals surface area contributed by atoms with Crippen LogP contribution >= 0.6 is 0 Å². The highest BCUT2D eigenvalue weighted by molar-refractivity contribution is 6.08. The minimum Gasteiger partial charge on any atom is -0.366 e. The van der Waals surface area contributed by atoms with Crippen molar-refractivity contribution in [1.29, 1.82) is 0 Å². The zero-order valence-electron chi connectivity index (χ0n) is 27.8. The molecule has 2 nitrogen and oxygen atoms in total. The summed E-state index contributed by atoms with van der Waals surface area (Å²) in [5, 5.41) is 10.3. The third-order valence-electron chi connectivity index (χ3n) is 10.5. The number of nitrogens with one attached hydrogen (secondary N) is 2. The maximum Gasteiger partial charge on any atom is 0.104 e. The summed E-state index contributed by atoms with van der Waals surface area (Å²) in [7, 11) is 0. The highest BCUT2D eigenvalue weighted by atomic mass is 15.2. The van der Waals surface area contributed by atoms with Crippen LogP contribution in [0.2, 0.25) is 0 Å². The Bertz CT molecular complexity index is 2340. The fourth-order valence-corrected chi connectivity index (χ4v) is 7.97. The molecule has 7 aromatic rings. The van der Waals surface area contributed by atoms with Gasteiger partial charge >= 0.3 is 0 Å². The number of fused-ring (bicyclic) bond motifs is 4. The molecule has 2 atom stereocenters. The molecular weight excluding hydrogens is 593 g/mol. The van der Waals surface area contributed by atoms with Crippen LogP contribution in [0, 0.1) is 0 Å². The molecule has 0 saturated carbocycles. The third-order valence-corrected chi connectivity index (χ3v) is 10.5. The van der Waals surface area contributed by atoms with E-state index in [-0.39, 0.29) is 17.6 Å². The normalized spacial score (nSPS) is 17.6. The van der Waals surface area contributed by atoms with Gasteiger partial charge in [0.2, 0.25) is 0 Å². The van der Waals surface area contributed by atoms with Crippen LogP contribution in [0.25, 0.3) is 49.9 Å². The molecule has 0 amide bonds. The van der Waals surface area contributed by atoms with Gasteiger partial charge in [-0.05, 0) is 90.2 Å². The molecule has 9 rings (SSSR count). The molecule has 2 unspecified atom stereocenters. The largest absolute Gasteiger partial charge is 0.366 e. The zero-order valence-corrected chi connectivity index (χ0v) is 27.8. The van der Waals surface area contributed by atoms with Crippen molar-refractivity contribution in [3.8, 4) is 33.4 Å². The van der Waals surface area contributed by atoms with Crippen LogP contribution < -0.4 is 10.6 Å². The molecule has 0 bridgehead atoms. The minimum atomic E-state index is -0.160. The van der Waals surface area contributed by atoms with Gasteiger partial charge in [0.05, 0.1) is 6.04 Å². The van der Waals surface area contributed by atoms with E-state index in [0.29, 0.717) is 0 Å². The molecule has 0 spiro atoms. The lowest BCUT2D eigenvalue weighted by atomic mass is 9.80. The van der Waals surface area contributed by atoms with Gasteiger partial charge in [0.15, 0.2) is 0 Å². The Kier molecular flexibility index (Phi) is 7.07. The summed E-state index contributed by atoms with van der Waals surface area (Å²) in [4.78, 5) is 0. The van der Waals surface area contributed by atoms with Crippen LogP contribution in [0.4, 0.5) is 0 Å². The monoisotopic (exact) mass is 630 g/mol. The molecule has 49 heavy (non-hydrogen) atoms. The summed E-state index contributed by atoms with van der Waals surface area (Å²) < 4.78 is 0.